The van der Waals surface area contributed by atoms with E-state index in [0.29, 0.717) is 59.1 Å². The van der Waals surface area contributed by atoms with Crippen LogP contribution >= 0.6 is 0 Å². The van der Waals surface area contributed by atoms with Crippen LogP contribution in [-0.2, 0) is 28.6 Å². The normalized spacial score (nSPS) is 11.3. The first kappa shape index (κ1) is 33.2. The molecule has 0 unspecified atom stereocenters. The van der Waals surface area contributed by atoms with Gasteiger partial charge < -0.3 is 47.4 Å². The molecular weight excluding hydrogens is 456 g/mol. The zero-order chi connectivity index (χ0) is 26.2. The summed E-state index contributed by atoms with van der Waals surface area (Å²) < 4.78 is 17.2. The van der Waals surface area contributed by atoms with Gasteiger partial charge >= 0.3 is 0 Å². The zero-order valence-corrected chi connectivity index (χ0v) is 21.4. The molecule has 0 aromatic heterocycles. The van der Waals surface area contributed by atoms with E-state index in [0.717, 1.165) is 19.3 Å². The minimum absolute atomic E-state index is 0.0889. The smallest absolute Gasteiger partial charge is 0.222 e. The predicted molar refractivity (Wildman–Crippen MR) is 134 cm³/mol. The van der Waals surface area contributed by atoms with E-state index in [-0.39, 0.29) is 56.8 Å². The van der Waals surface area contributed by atoms with Gasteiger partial charge in [0.25, 0.3) is 0 Å². The zero-order valence-electron chi connectivity index (χ0n) is 21.4. The van der Waals surface area contributed by atoms with Crippen molar-refractivity contribution >= 4 is 17.7 Å². The fraction of sp³-hybridized carbons (Fsp3) is 0.870. The topological polar surface area (TPSA) is 193 Å². The van der Waals surface area contributed by atoms with E-state index in [4.69, 9.17) is 31.4 Å². The van der Waals surface area contributed by atoms with Gasteiger partial charge in [-0.25, -0.2) is 0 Å². The van der Waals surface area contributed by atoms with Gasteiger partial charge in [0.15, 0.2) is 0 Å². The van der Waals surface area contributed by atoms with Crippen LogP contribution in [0.2, 0.25) is 0 Å². The lowest BCUT2D eigenvalue weighted by molar-refractivity contribution is -0.123. The lowest BCUT2D eigenvalue weighted by atomic mass is 9.94. The molecule has 12 nitrogen and oxygen atoms in total. The van der Waals surface area contributed by atoms with E-state index < -0.39 is 5.41 Å². The van der Waals surface area contributed by atoms with Crippen molar-refractivity contribution in [3.8, 4) is 0 Å². The van der Waals surface area contributed by atoms with Crippen LogP contribution in [0.15, 0.2) is 0 Å². The Morgan fingerprint density at radius 3 is 1.14 bits per heavy atom. The molecule has 0 heterocycles. The van der Waals surface area contributed by atoms with Gasteiger partial charge in [-0.2, -0.15) is 0 Å². The van der Waals surface area contributed by atoms with E-state index in [1.807, 2.05) is 6.92 Å². The van der Waals surface area contributed by atoms with Gasteiger partial charge in [-0.15, -0.1) is 0 Å². The maximum absolute atomic E-state index is 11.8. The summed E-state index contributed by atoms with van der Waals surface area (Å²) in [6.45, 7) is 6.86. The molecular formula is C23H48N6O6. The van der Waals surface area contributed by atoms with Gasteiger partial charge in [0.05, 0.1) is 39.6 Å². The molecule has 12 heteroatoms. The molecule has 0 spiro atoms. The van der Waals surface area contributed by atoms with E-state index >= 15 is 0 Å². The van der Waals surface area contributed by atoms with Crippen molar-refractivity contribution in [3.05, 3.63) is 0 Å². The predicted octanol–water partition coefficient (Wildman–Crippen LogP) is -1.39. The molecule has 0 aliphatic carbocycles. The first-order chi connectivity index (χ1) is 16.9. The Labute approximate surface area is 209 Å². The molecule has 0 atom stereocenters. The molecule has 0 aliphatic heterocycles. The first-order valence-corrected chi connectivity index (χ1v) is 12.5. The van der Waals surface area contributed by atoms with Crippen LogP contribution in [0, 0.1) is 5.41 Å². The summed E-state index contributed by atoms with van der Waals surface area (Å²) in [6.07, 6.45) is 2.93. The summed E-state index contributed by atoms with van der Waals surface area (Å²) in [4.78, 5) is 35.4. The second-order valence-electron chi connectivity index (χ2n) is 8.69. The minimum atomic E-state index is -0.512. The van der Waals surface area contributed by atoms with Crippen LogP contribution in [0.25, 0.3) is 0 Å². The summed E-state index contributed by atoms with van der Waals surface area (Å²) >= 11 is 0. The summed E-state index contributed by atoms with van der Waals surface area (Å²) in [5.74, 6) is -0.267. The quantitative estimate of drug-likeness (QED) is 0.0858. The Kier molecular flexibility index (Phi) is 21.4. The number of hydrogen-bond donors (Lipinski definition) is 6. The highest BCUT2D eigenvalue weighted by atomic mass is 16.5. The third kappa shape index (κ3) is 21.2. The lowest BCUT2D eigenvalue weighted by Gasteiger charge is -2.29. The van der Waals surface area contributed by atoms with Crippen molar-refractivity contribution in [2.45, 2.75) is 45.4 Å². The Morgan fingerprint density at radius 1 is 0.600 bits per heavy atom. The molecule has 0 radical (unpaired) electrons. The number of carbonyl (C=O) groups excluding carboxylic acids is 3. The summed E-state index contributed by atoms with van der Waals surface area (Å²) in [5.41, 5.74) is 15.7. The molecule has 0 aliphatic rings. The highest BCUT2D eigenvalue weighted by Crippen LogP contribution is 2.19. The Morgan fingerprint density at radius 2 is 0.886 bits per heavy atom. The third-order valence-electron chi connectivity index (χ3n) is 4.88. The average molecular weight is 505 g/mol. The van der Waals surface area contributed by atoms with E-state index in [1.165, 1.54) is 0 Å². The van der Waals surface area contributed by atoms with E-state index in [9.17, 15) is 14.4 Å². The van der Waals surface area contributed by atoms with Crippen molar-refractivity contribution in [2.75, 3.05) is 78.9 Å². The number of ether oxygens (including phenoxy) is 3. The number of carbonyl (C=O) groups is 3. The molecule has 0 fully saturated rings. The van der Waals surface area contributed by atoms with Gasteiger partial charge in [-0.05, 0) is 38.9 Å². The van der Waals surface area contributed by atoms with E-state index in [1.54, 1.807) is 0 Å². The van der Waals surface area contributed by atoms with Gasteiger partial charge in [0.2, 0.25) is 17.7 Å². The molecule has 0 aromatic carbocycles. The maximum Gasteiger partial charge on any atom is 0.222 e. The Hall–Kier alpha value is -1.83. The number of amides is 3. The van der Waals surface area contributed by atoms with Crippen molar-refractivity contribution in [1.29, 1.82) is 0 Å². The van der Waals surface area contributed by atoms with Crippen molar-refractivity contribution in [2.24, 2.45) is 22.6 Å². The van der Waals surface area contributed by atoms with Crippen LogP contribution in [0.5, 0.6) is 0 Å². The molecule has 9 N–H and O–H groups in total. The number of rotatable bonds is 24. The van der Waals surface area contributed by atoms with Crippen molar-refractivity contribution in [3.63, 3.8) is 0 Å². The Balaban J connectivity index is 4.42. The van der Waals surface area contributed by atoms with E-state index in [2.05, 4.69) is 16.0 Å². The first-order valence-electron chi connectivity index (χ1n) is 12.5. The van der Waals surface area contributed by atoms with Crippen molar-refractivity contribution in [1.82, 2.24) is 16.0 Å². The fourth-order valence-corrected chi connectivity index (χ4v) is 2.83. The van der Waals surface area contributed by atoms with Gasteiger partial charge in [0, 0.05) is 44.3 Å². The highest BCUT2D eigenvalue weighted by molar-refractivity contribution is 5.76. The SMILES string of the molecule is CC(COCCC(=O)NCCCN)(COCCC(=O)NCCCN)COCCC(=O)NCCCN. The molecule has 0 bridgehead atoms. The van der Waals surface area contributed by atoms with Crippen molar-refractivity contribution < 1.29 is 28.6 Å². The second-order valence-corrected chi connectivity index (χ2v) is 8.69. The second kappa shape index (κ2) is 22.6. The average Bonchev–Trinajstić information content (AvgIpc) is 2.83. The summed E-state index contributed by atoms with van der Waals surface area (Å²) in [7, 11) is 0. The number of hydrogen-bond acceptors (Lipinski definition) is 9. The molecule has 206 valence electrons. The minimum Gasteiger partial charge on any atom is -0.380 e. The lowest BCUT2D eigenvalue weighted by Crippen LogP contribution is -2.36. The molecule has 0 rings (SSSR count). The maximum atomic E-state index is 11.8. The standard InChI is InChI=1S/C23H48N6O6/c1-23(17-33-14-5-20(30)27-11-2-8-24,18-34-15-6-21(31)28-12-3-9-25)19-35-16-7-22(32)29-13-4-10-26/h2-19,24-26H2,1H3,(H,27,30)(H,28,31)(H,29,32). The monoisotopic (exact) mass is 504 g/mol. The fourth-order valence-electron chi connectivity index (χ4n) is 2.83. The highest BCUT2D eigenvalue weighted by Gasteiger charge is 2.26. The largest absolute Gasteiger partial charge is 0.380 e. The van der Waals surface area contributed by atoms with Gasteiger partial charge in [-0.1, -0.05) is 6.92 Å². The molecule has 35 heavy (non-hydrogen) atoms. The number of nitrogens with one attached hydrogen (secondary N) is 3. The van der Waals surface area contributed by atoms with Crippen LogP contribution in [0.4, 0.5) is 0 Å². The molecule has 0 saturated carbocycles. The summed E-state index contributed by atoms with van der Waals surface area (Å²) in [6, 6.07) is 0. The molecule has 0 aromatic rings. The third-order valence-corrected chi connectivity index (χ3v) is 4.88. The summed E-state index contributed by atoms with van der Waals surface area (Å²) in [5, 5.41) is 8.35. The molecule has 0 saturated heterocycles. The van der Waals surface area contributed by atoms with Gasteiger partial charge in [0.1, 0.15) is 0 Å². The van der Waals surface area contributed by atoms with Crippen LogP contribution in [-0.4, -0.2) is 96.6 Å². The Bertz CT molecular complexity index is 493. The van der Waals surface area contributed by atoms with Crippen LogP contribution in [0.1, 0.15) is 45.4 Å². The van der Waals surface area contributed by atoms with Gasteiger partial charge in [-0.3, -0.25) is 14.4 Å². The van der Waals surface area contributed by atoms with Crippen LogP contribution < -0.4 is 33.2 Å². The number of nitrogens with two attached hydrogens (primary N) is 3. The van der Waals surface area contributed by atoms with Crippen LogP contribution in [0.3, 0.4) is 0 Å². The molecule has 3 amide bonds.